The molecule has 3 rings (SSSR count). The minimum Gasteiger partial charge on any atom is -0.481 e. The van der Waals surface area contributed by atoms with Crippen LogP contribution >= 0.6 is 11.8 Å². The van der Waals surface area contributed by atoms with E-state index in [-0.39, 0.29) is 23.7 Å². The molecule has 1 saturated carbocycles. The maximum atomic E-state index is 12.4. The molecular weight excluding hydrogens is 274 g/mol. The molecule has 4 nitrogen and oxygen atoms in total. The van der Waals surface area contributed by atoms with E-state index < -0.39 is 11.9 Å². The third-order valence-corrected chi connectivity index (χ3v) is 6.00. The molecule has 1 saturated heterocycles. The number of carbonyl (C=O) groups excluding carboxylic acids is 1. The van der Waals surface area contributed by atoms with E-state index in [2.05, 4.69) is 5.32 Å². The predicted octanol–water partition coefficient (Wildman–Crippen LogP) is 1.77. The lowest BCUT2D eigenvalue weighted by Crippen LogP contribution is -2.42. The molecule has 1 aliphatic heterocycles. The Balaban J connectivity index is 1.58. The Morgan fingerprint density at radius 2 is 1.80 bits per heavy atom. The van der Waals surface area contributed by atoms with Crippen molar-refractivity contribution in [2.75, 3.05) is 18.1 Å². The summed E-state index contributed by atoms with van der Waals surface area (Å²) in [5.41, 5.74) is 0. The van der Waals surface area contributed by atoms with Crippen LogP contribution in [0.3, 0.4) is 0 Å². The monoisotopic (exact) mass is 295 g/mol. The normalized spacial score (nSPS) is 36.2. The van der Waals surface area contributed by atoms with E-state index in [1.165, 1.54) is 11.5 Å². The summed E-state index contributed by atoms with van der Waals surface area (Å²) in [6.45, 7) is 0.712. The first-order chi connectivity index (χ1) is 9.66. The van der Waals surface area contributed by atoms with Crippen molar-refractivity contribution in [1.82, 2.24) is 5.32 Å². The average Bonchev–Trinajstić information content (AvgIpc) is 3.06. The highest BCUT2D eigenvalue weighted by atomic mass is 32.2. The van der Waals surface area contributed by atoms with Crippen LogP contribution in [0.25, 0.3) is 0 Å². The lowest BCUT2D eigenvalue weighted by molar-refractivity contribution is -0.147. The zero-order valence-electron chi connectivity index (χ0n) is 11.5. The van der Waals surface area contributed by atoms with Crippen LogP contribution in [0.1, 0.15) is 19.3 Å². The van der Waals surface area contributed by atoms with Gasteiger partial charge in [-0.1, -0.05) is 12.2 Å². The van der Waals surface area contributed by atoms with Crippen LogP contribution in [0.15, 0.2) is 12.2 Å². The van der Waals surface area contributed by atoms with Crippen LogP contribution in [0.4, 0.5) is 0 Å². The first kappa shape index (κ1) is 14.0. The highest BCUT2D eigenvalue weighted by molar-refractivity contribution is 7.99. The third kappa shape index (κ3) is 2.60. The molecular formula is C15H21NO3S. The Hall–Kier alpha value is -0.970. The summed E-state index contributed by atoms with van der Waals surface area (Å²) in [6.07, 6.45) is 7.15. The van der Waals surface area contributed by atoms with Gasteiger partial charge in [-0.2, -0.15) is 11.8 Å². The van der Waals surface area contributed by atoms with Crippen molar-refractivity contribution < 1.29 is 14.7 Å². The molecule has 2 N–H and O–H groups in total. The Bertz CT molecular complexity index is 431. The smallest absolute Gasteiger partial charge is 0.307 e. The van der Waals surface area contributed by atoms with Gasteiger partial charge in [0.1, 0.15) is 0 Å². The van der Waals surface area contributed by atoms with Crippen molar-refractivity contribution in [2.24, 2.45) is 29.6 Å². The molecule has 1 heterocycles. The van der Waals surface area contributed by atoms with E-state index in [0.29, 0.717) is 12.5 Å². The maximum Gasteiger partial charge on any atom is 0.307 e. The summed E-state index contributed by atoms with van der Waals surface area (Å²) < 4.78 is 0. The van der Waals surface area contributed by atoms with Crippen LogP contribution in [0.2, 0.25) is 0 Å². The predicted molar refractivity (Wildman–Crippen MR) is 78.4 cm³/mol. The van der Waals surface area contributed by atoms with Crippen LogP contribution in [-0.2, 0) is 9.59 Å². The second kappa shape index (κ2) is 5.80. The van der Waals surface area contributed by atoms with Gasteiger partial charge in [-0.15, -0.1) is 0 Å². The Morgan fingerprint density at radius 3 is 2.45 bits per heavy atom. The molecule has 0 aromatic heterocycles. The average molecular weight is 295 g/mol. The molecule has 0 spiro atoms. The zero-order valence-corrected chi connectivity index (χ0v) is 12.3. The first-order valence-electron chi connectivity index (χ1n) is 7.43. The number of rotatable bonds is 4. The number of hydrogen-bond acceptors (Lipinski definition) is 3. The van der Waals surface area contributed by atoms with Gasteiger partial charge in [-0.25, -0.2) is 0 Å². The van der Waals surface area contributed by atoms with E-state index >= 15 is 0 Å². The number of thioether (sulfide) groups is 1. The topological polar surface area (TPSA) is 66.4 Å². The molecule has 2 fully saturated rings. The SMILES string of the molecule is O=C(O)C1C2C=CC(C2)C1C(=O)NCC1CCSCC1. The summed E-state index contributed by atoms with van der Waals surface area (Å²) in [5.74, 6) is 1.35. The summed E-state index contributed by atoms with van der Waals surface area (Å²) in [6, 6.07) is 0. The lowest BCUT2D eigenvalue weighted by atomic mass is 9.82. The van der Waals surface area contributed by atoms with E-state index in [1.807, 2.05) is 23.9 Å². The molecule has 3 aliphatic rings. The highest BCUT2D eigenvalue weighted by Gasteiger charge is 2.51. The largest absolute Gasteiger partial charge is 0.481 e. The van der Waals surface area contributed by atoms with Gasteiger partial charge in [0.2, 0.25) is 5.91 Å². The van der Waals surface area contributed by atoms with Crippen LogP contribution in [0.5, 0.6) is 0 Å². The van der Waals surface area contributed by atoms with Gasteiger partial charge in [-0.05, 0) is 48.5 Å². The summed E-state index contributed by atoms with van der Waals surface area (Å²) >= 11 is 1.97. The van der Waals surface area contributed by atoms with Crippen molar-refractivity contribution in [3.05, 3.63) is 12.2 Å². The van der Waals surface area contributed by atoms with Gasteiger partial charge in [0.05, 0.1) is 11.8 Å². The molecule has 5 heteroatoms. The third-order valence-electron chi connectivity index (χ3n) is 4.95. The standard InChI is InChI=1S/C15H21NO3S/c17-14(16-8-9-3-5-20-6-4-9)12-10-1-2-11(7-10)13(12)15(18)19/h1-2,9-13H,3-8H2,(H,16,17)(H,18,19). The fraction of sp³-hybridized carbons (Fsp3) is 0.733. The number of nitrogens with one attached hydrogen (secondary N) is 1. The van der Waals surface area contributed by atoms with E-state index in [1.54, 1.807) is 0 Å². The molecule has 0 aromatic carbocycles. The van der Waals surface area contributed by atoms with Gasteiger partial charge < -0.3 is 10.4 Å². The number of fused-ring (bicyclic) bond motifs is 2. The van der Waals surface area contributed by atoms with Gasteiger partial charge in [0.25, 0.3) is 0 Å². The maximum absolute atomic E-state index is 12.4. The number of amides is 1. The summed E-state index contributed by atoms with van der Waals surface area (Å²) in [5, 5.41) is 12.4. The van der Waals surface area contributed by atoms with E-state index in [9.17, 15) is 14.7 Å². The molecule has 2 bridgehead atoms. The number of carbonyl (C=O) groups is 2. The van der Waals surface area contributed by atoms with Crippen molar-refractivity contribution in [3.8, 4) is 0 Å². The summed E-state index contributed by atoms with van der Waals surface area (Å²) in [7, 11) is 0. The lowest BCUT2D eigenvalue weighted by Gasteiger charge is -2.26. The first-order valence-corrected chi connectivity index (χ1v) is 8.59. The van der Waals surface area contributed by atoms with Crippen molar-refractivity contribution in [3.63, 3.8) is 0 Å². The molecule has 110 valence electrons. The number of aliphatic carboxylic acids is 1. The molecule has 0 radical (unpaired) electrons. The Morgan fingerprint density at radius 1 is 1.15 bits per heavy atom. The van der Waals surface area contributed by atoms with Gasteiger partial charge >= 0.3 is 5.97 Å². The number of hydrogen-bond donors (Lipinski definition) is 2. The van der Waals surface area contributed by atoms with Crippen molar-refractivity contribution in [2.45, 2.75) is 19.3 Å². The van der Waals surface area contributed by atoms with Crippen LogP contribution < -0.4 is 5.32 Å². The molecule has 4 unspecified atom stereocenters. The van der Waals surface area contributed by atoms with Gasteiger partial charge in [0.15, 0.2) is 0 Å². The molecule has 0 aromatic rings. The quantitative estimate of drug-likeness (QED) is 0.776. The second-order valence-electron chi connectivity index (χ2n) is 6.14. The fourth-order valence-electron chi connectivity index (χ4n) is 3.83. The van der Waals surface area contributed by atoms with E-state index in [0.717, 1.165) is 19.3 Å². The number of carboxylic acid groups (broad SMARTS) is 1. The second-order valence-corrected chi connectivity index (χ2v) is 7.36. The molecule has 1 amide bonds. The Labute approximate surface area is 123 Å². The summed E-state index contributed by atoms with van der Waals surface area (Å²) in [4.78, 5) is 23.8. The van der Waals surface area contributed by atoms with Crippen LogP contribution in [0, 0.1) is 29.6 Å². The van der Waals surface area contributed by atoms with Crippen molar-refractivity contribution >= 4 is 23.6 Å². The van der Waals surface area contributed by atoms with Crippen LogP contribution in [-0.4, -0.2) is 35.0 Å². The van der Waals surface area contributed by atoms with Gasteiger partial charge in [0, 0.05) is 6.54 Å². The molecule has 2 aliphatic carbocycles. The van der Waals surface area contributed by atoms with Crippen molar-refractivity contribution in [1.29, 1.82) is 0 Å². The Kier molecular flexibility index (Phi) is 4.06. The number of allylic oxidation sites excluding steroid dienone is 2. The number of carboxylic acids is 1. The minimum atomic E-state index is -0.823. The van der Waals surface area contributed by atoms with E-state index in [4.69, 9.17) is 0 Å². The van der Waals surface area contributed by atoms with Gasteiger partial charge in [-0.3, -0.25) is 9.59 Å². The fourth-order valence-corrected chi connectivity index (χ4v) is 5.03. The molecule has 20 heavy (non-hydrogen) atoms. The molecule has 4 atom stereocenters. The minimum absolute atomic E-state index is 0.0486. The zero-order chi connectivity index (χ0) is 14.1. The highest BCUT2D eigenvalue weighted by Crippen LogP contribution is 2.48.